The number of phenols is 1. The maximum absolute atomic E-state index is 12.9. The Labute approximate surface area is 204 Å². The lowest BCUT2D eigenvalue weighted by molar-refractivity contribution is -0.277. The van der Waals surface area contributed by atoms with E-state index in [2.05, 4.69) is 0 Å². The van der Waals surface area contributed by atoms with Crippen LogP contribution in [0.5, 0.6) is 23.0 Å². The molecule has 10 nitrogen and oxygen atoms in total. The van der Waals surface area contributed by atoms with Crippen LogP contribution in [-0.2, 0) is 15.1 Å². The molecule has 0 unspecified atom stereocenters. The SMILES string of the molecule is O=C1O[C@]2(c3ccc(O)cc3Oc3cc(O[C@@H]4O[C@H](CO)[C@@H](O)[C@H](O)[C@H]4O)ccc32)c2ccccc21. The molecule has 3 aliphatic rings. The fourth-order valence-corrected chi connectivity index (χ4v) is 5.02. The molecule has 0 radical (unpaired) electrons. The van der Waals surface area contributed by atoms with Gasteiger partial charge in [0.2, 0.25) is 6.29 Å². The van der Waals surface area contributed by atoms with E-state index in [1.165, 1.54) is 18.2 Å². The van der Waals surface area contributed by atoms with E-state index >= 15 is 0 Å². The van der Waals surface area contributed by atoms with E-state index in [0.29, 0.717) is 22.3 Å². The Bertz CT molecular complexity index is 1350. The molecule has 3 aromatic rings. The van der Waals surface area contributed by atoms with Gasteiger partial charge in [0.1, 0.15) is 47.4 Å². The minimum absolute atomic E-state index is 0.0429. The normalized spacial score (nSPS) is 30.1. The Hall–Kier alpha value is -3.67. The summed E-state index contributed by atoms with van der Waals surface area (Å²) < 4.78 is 23.3. The summed E-state index contributed by atoms with van der Waals surface area (Å²) in [4.78, 5) is 12.9. The highest BCUT2D eigenvalue weighted by atomic mass is 16.7. The molecule has 3 heterocycles. The number of hydrogen-bond acceptors (Lipinski definition) is 10. The second kappa shape index (κ2) is 8.19. The van der Waals surface area contributed by atoms with E-state index in [0.717, 1.165) is 0 Å². The Morgan fingerprint density at radius 3 is 2.36 bits per heavy atom. The maximum Gasteiger partial charge on any atom is 0.340 e. The summed E-state index contributed by atoms with van der Waals surface area (Å²) in [6.07, 6.45) is -7.22. The lowest BCUT2D eigenvalue weighted by atomic mass is 9.77. The molecule has 3 aliphatic heterocycles. The third kappa shape index (κ3) is 3.20. The van der Waals surface area contributed by atoms with Gasteiger partial charge in [0, 0.05) is 28.8 Å². The summed E-state index contributed by atoms with van der Waals surface area (Å²) in [6, 6.07) is 16.3. The molecule has 6 rings (SSSR count). The summed E-state index contributed by atoms with van der Waals surface area (Å²) in [7, 11) is 0. The molecule has 10 heteroatoms. The fraction of sp³-hybridized carbons (Fsp3) is 0.269. The largest absolute Gasteiger partial charge is 0.508 e. The molecule has 0 aliphatic carbocycles. The molecule has 0 amide bonds. The summed E-state index contributed by atoms with van der Waals surface area (Å²) in [6.45, 7) is -0.592. The molecular formula is C26H22O10. The number of benzene rings is 3. The number of ether oxygens (including phenoxy) is 4. The first-order chi connectivity index (χ1) is 17.3. The van der Waals surface area contributed by atoms with Gasteiger partial charge in [-0.15, -0.1) is 0 Å². The van der Waals surface area contributed by atoms with Crippen molar-refractivity contribution < 1.29 is 49.3 Å². The molecule has 3 aromatic carbocycles. The topological polar surface area (TPSA) is 155 Å². The van der Waals surface area contributed by atoms with Crippen molar-refractivity contribution >= 4 is 5.97 Å². The lowest BCUT2D eigenvalue weighted by Crippen LogP contribution is -2.60. The molecule has 0 aromatic heterocycles. The Balaban J connectivity index is 1.43. The Kier molecular flexibility index (Phi) is 5.18. The molecule has 36 heavy (non-hydrogen) atoms. The van der Waals surface area contributed by atoms with Crippen LogP contribution in [0.25, 0.3) is 0 Å². The van der Waals surface area contributed by atoms with Crippen LogP contribution in [0.1, 0.15) is 27.0 Å². The van der Waals surface area contributed by atoms with E-state index in [-0.39, 0.29) is 23.0 Å². The minimum Gasteiger partial charge on any atom is -0.508 e. The number of fused-ring (bicyclic) bond motifs is 6. The van der Waals surface area contributed by atoms with Gasteiger partial charge in [0.25, 0.3) is 0 Å². The maximum atomic E-state index is 12.9. The standard InChI is InChI=1S/C26H22O10/c27-11-20-21(29)22(30)23(31)25(35-20)33-13-6-8-17-19(10-13)34-18-9-12(28)5-7-16(18)26(17)15-4-2-1-3-14(15)24(32)36-26/h1-10,20-23,25,27-31H,11H2/t20-,21-,22+,23-,25-,26+/m1/s1. The second-order valence-electron chi connectivity index (χ2n) is 8.87. The van der Waals surface area contributed by atoms with Gasteiger partial charge < -0.3 is 44.5 Å². The zero-order valence-corrected chi connectivity index (χ0v) is 18.6. The number of esters is 1. The van der Waals surface area contributed by atoms with Crippen LogP contribution < -0.4 is 9.47 Å². The predicted molar refractivity (Wildman–Crippen MR) is 121 cm³/mol. The minimum atomic E-state index is -1.60. The zero-order chi connectivity index (χ0) is 25.2. The van der Waals surface area contributed by atoms with Crippen molar-refractivity contribution in [2.24, 2.45) is 0 Å². The number of aromatic hydroxyl groups is 1. The number of carbonyl (C=O) groups is 1. The molecule has 1 saturated heterocycles. The van der Waals surface area contributed by atoms with Crippen LogP contribution in [-0.4, -0.2) is 68.8 Å². The van der Waals surface area contributed by atoms with E-state index in [9.17, 15) is 30.3 Å². The monoisotopic (exact) mass is 494 g/mol. The summed E-state index contributed by atoms with van der Waals surface area (Å²) in [5.41, 5.74) is 0.750. The molecule has 5 N–H and O–H groups in total. The second-order valence-corrected chi connectivity index (χ2v) is 8.87. The number of carbonyl (C=O) groups excluding carboxylic acids is 1. The average molecular weight is 494 g/mol. The van der Waals surface area contributed by atoms with Crippen molar-refractivity contribution in [1.82, 2.24) is 0 Å². The van der Waals surface area contributed by atoms with Crippen molar-refractivity contribution in [3.05, 3.63) is 82.9 Å². The van der Waals surface area contributed by atoms with E-state index in [4.69, 9.17) is 18.9 Å². The van der Waals surface area contributed by atoms with Crippen molar-refractivity contribution in [2.45, 2.75) is 36.3 Å². The van der Waals surface area contributed by atoms with Gasteiger partial charge in [-0.2, -0.15) is 0 Å². The summed E-state index contributed by atoms with van der Waals surface area (Å²) >= 11 is 0. The first-order valence-electron chi connectivity index (χ1n) is 11.3. The Morgan fingerprint density at radius 2 is 1.58 bits per heavy atom. The van der Waals surface area contributed by atoms with Crippen molar-refractivity contribution in [2.75, 3.05) is 6.61 Å². The highest BCUT2D eigenvalue weighted by Gasteiger charge is 2.53. The third-order valence-corrected chi connectivity index (χ3v) is 6.77. The molecule has 186 valence electrons. The highest BCUT2D eigenvalue weighted by molar-refractivity contribution is 5.97. The number of aliphatic hydroxyl groups is 4. The van der Waals surface area contributed by atoms with Crippen LogP contribution in [0.2, 0.25) is 0 Å². The van der Waals surface area contributed by atoms with Gasteiger partial charge in [-0.3, -0.25) is 0 Å². The highest BCUT2D eigenvalue weighted by Crippen LogP contribution is 2.57. The van der Waals surface area contributed by atoms with Crippen LogP contribution >= 0.6 is 0 Å². The molecule has 6 atom stereocenters. The fourth-order valence-electron chi connectivity index (χ4n) is 5.02. The first-order valence-corrected chi connectivity index (χ1v) is 11.3. The van der Waals surface area contributed by atoms with E-state index < -0.39 is 48.9 Å². The molecule has 0 saturated carbocycles. The van der Waals surface area contributed by atoms with Gasteiger partial charge in [-0.1, -0.05) is 18.2 Å². The number of hydrogen-bond donors (Lipinski definition) is 5. The average Bonchev–Trinajstić information content (AvgIpc) is 3.17. The van der Waals surface area contributed by atoms with Crippen molar-refractivity contribution in [3.63, 3.8) is 0 Å². The van der Waals surface area contributed by atoms with E-state index in [1.54, 1.807) is 42.5 Å². The smallest absolute Gasteiger partial charge is 0.340 e. The molecular weight excluding hydrogens is 472 g/mol. The van der Waals surface area contributed by atoms with Crippen LogP contribution in [0.3, 0.4) is 0 Å². The first kappa shape index (κ1) is 22.8. The van der Waals surface area contributed by atoms with Crippen LogP contribution in [0, 0.1) is 0 Å². The third-order valence-electron chi connectivity index (χ3n) is 6.77. The summed E-state index contributed by atoms with van der Waals surface area (Å²) in [5.74, 6) is 0.170. The van der Waals surface area contributed by atoms with Gasteiger partial charge in [-0.05, 0) is 30.3 Å². The van der Waals surface area contributed by atoms with Gasteiger partial charge in [0.05, 0.1) is 12.2 Å². The quantitative estimate of drug-likeness (QED) is 0.335. The number of phenolic OH excluding ortho intramolecular Hbond substituents is 1. The van der Waals surface area contributed by atoms with Crippen LogP contribution in [0.15, 0.2) is 60.7 Å². The molecule has 1 spiro atoms. The number of aliphatic hydroxyl groups excluding tert-OH is 4. The predicted octanol–water partition coefficient (Wildman–Crippen LogP) is 1.14. The van der Waals surface area contributed by atoms with Gasteiger partial charge >= 0.3 is 5.97 Å². The van der Waals surface area contributed by atoms with Gasteiger partial charge in [0.15, 0.2) is 5.60 Å². The van der Waals surface area contributed by atoms with Gasteiger partial charge in [-0.25, -0.2) is 4.79 Å². The van der Waals surface area contributed by atoms with E-state index in [1.807, 2.05) is 0 Å². The van der Waals surface area contributed by atoms with Crippen LogP contribution in [0.4, 0.5) is 0 Å². The van der Waals surface area contributed by atoms with Crippen molar-refractivity contribution in [1.29, 1.82) is 0 Å². The molecule has 1 fully saturated rings. The molecule has 0 bridgehead atoms. The van der Waals surface area contributed by atoms with Crippen molar-refractivity contribution in [3.8, 4) is 23.0 Å². The lowest BCUT2D eigenvalue weighted by Gasteiger charge is -2.40. The Morgan fingerprint density at radius 1 is 0.861 bits per heavy atom. The summed E-state index contributed by atoms with van der Waals surface area (Å²) in [5, 5.41) is 49.9. The number of rotatable bonds is 3. The zero-order valence-electron chi connectivity index (χ0n) is 18.6.